The van der Waals surface area contributed by atoms with E-state index < -0.39 is 15.8 Å². The number of aromatic nitrogens is 2. The van der Waals surface area contributed by atoms with Crippen molar-refractivity contribution < 1.29 is 22.4 Å². The van der Waals surface area contributed by atoms with Gasteiger partial charge in [-0.15, -0.1) is 11.3 Å². The number of sulfonamides is 1. The monoisotopic (exact) mass is 776 g/mol. The van der Waals surface area contributed by atoms with E-state index in [0.29, 0.717) is 49.0 Å². The maximum atomic E-state index is 13.0. The molecule has 0 bridgehead atoms. The summed E-state index contributed by atoms with van der Waals surface area (Å²) in [5.74, 6) is -0.649. The van der Waals surface area contributed by atoms with Gasteiger partial charge < -0.3 is 16.4 Å². The number of halogens is 1. The number of nitrogens with zero attached hydrogens (tertiary/aromatic N) is 2. The van der Waals surface area contributed by atoms with Crippen molar-refractivity contribution in [3.8, 4) is 0 Å². The lowest BCUT2D eigenvalue weighted by Gasteiger charge is -2.09. The van der Waals surface area contributed by atoms with E-state index >= 15 is 0 Å². The normalized spacial score (nSPS) is 10.9. The lowest BCUT2D eigenvalue weighted by Crippen LogP contribution is -2.12. The van der Waals surface area contributed by atoms with Gasteiger partial charge in [-0.2, -0.15) is 0 Å². The summed E-state index contributed by atoms with van der Waals surface area (Å²) < 4.78 is 40.3. The van der Waals surface area contributed by atoms with Gasteiger partial charge >= 0.3 is 0 Å². The molecule has 14 heteroatoms. The smallest absolute Gasteiger partial charge is 0.261 e. The number of carbonyl (C=O) groups is 2. The average Bonchev–Trinajstić information content (AvgIpc) is 3.84. The molecule has 7 rings (SSSR count). The van der Waals surface area contributed by atoms with Crippen LogP contribution in [0.1, 0.15) is 42.4 Å². The van der Waals surface area contributed by atoms with Crippen LogP contribution in [0.5, 0.6) is 0 Å². The lowest BCUT2D eigenvalue weighted by atomic mass is 10.0. The molecule has 5 aromatic carbocycles. The molecular formula is C40H33FN6O4S3. The summed E-state index contributed by atoms with van der Waals surface area (Å²) in [6, 6.07) is 33.4. The van der Waals surface area contributed by atoms with Gasteiger partial charge in [-0.05, 0) is 97.8 Å². The quantitative estimate of drug-likeness (QED) is 0.0743. The molecule has 0 amide bonds. The van der Waals surface area contributed by atoms with Gasteiger partial charge in [0.15, 0.2) is 10.3 Å². The van der Waals surface area contributed by atoms with Crippen molar-refractivity contribution in [3.63, 3.8) is 0 Å². The van der Waals surface area contributed by atoms with Gasteiger partial charge in [0, 0.05) is 39.3 Å². The molecule has 7 aromatic rings. The predicted octanol–water partition coefficient (Wildman–Crippen LogP) is 9.37. The molecule has 10 nitrogen and oxygen atoms in total. The highest BCUT2D eigenvalue weighted by Crippen LogP contribution is 2.27. The molecule has 0 aliphatic carbocycles. The van der Waals surface area contributed by atoms with Crippen molar-refractivity contribution in [2.24, 2.45) is 0 Å². The maximum Gasteiger partial charge on any atom is 0.261 e. The first-order valence-electron chi connectivity index (χ1n) is 16.4. The van der Waals surface area contributed by atoms with Crippen LogP contribution in [0, 0.1) is 19.7 Å². The molecule has 0 fully saturated rings. The van der Waals surface area contributed by atoms with E-state index in [1.807, 2.05) is 80.6 Å². The zero-order chi connectivity index (χ0) is 38.2. The minimum Gasteiger partial charge on any atom is -0.399 e. The summed E-state index contributed by atoms with van der Waals surface area (Å²) in [5, 5.41) is 9.28. The number of aryl methyl sites for hydroxylation is 2. The van der Waals surface area contributed by atoms with Crippen molar-refractivity contribution in [2.45, 2.75) is 18.7 Å². The molecule has 272 valence electrons. The summed E-state index contributed by atoms with van der Waals surface area (Å²) >= 11 is 2.64. The second-order valence-electron chi connectivity index (χ2n) is 11.9. The number of benzene rings is 5. The van der Waals surface area contributed by atoms with Gasteiger partial charge in [-0.25, -0.2) is 22.8 Å². The van der Waals surface area contributed by atoms with Crippen LogP contribution in [0.4, 0.5) is 37.4 Å². The van der Waals surface area contributed by atoms with Crippen LogP contribution < -0.4 is 21.1 Å². The largest absolute Gasteiger partial charge is 0.399 e. The van der Waals surface area contributed by atoms with Crippen LogP contribution in [0.15, 0.2) is 138 Å². The number of anilines is 6. The van der Waals surface area contributed by atoms with Crippen LogP contribution in [0.25, 0.3) is 0 Å². The fourth-order valence-corrected chi connectivity index (χ4v) is 7.62. The zero-order valence-electron chi connectivity index (χ0n) is 28.9. The first-order valence-corrected chi connectivity index (χ1v) is 19.5. The third-order valence-electron chi connectivity index (χ3n) is 7.92. The van der Waals surface area contributed by atoms with Crippen LogP contribution in [-0.2, 0) is 10.0 Å². The third-order valence-corrected chi connectivity index (χ3v) is 11.0. The zero-order valence-corrected chi connectivity index (χ0v) is 31.4. The average molecular weight is 777 g/mol. The molecule has 2 heterocycles. The first kappa shape index (κ1) is 37.5. The summed E-state index contributed by atoms with van der Waals surface area (Å²) in [4.78, 5) is 34.3. The summed E-state index contributed by atoms with van der Waals surface area (Å²) in [6.45, 7) is 3.81. The second-order valence-corrected chi connectivity index (χ2v) is 15.4. The summed E-state index contributed by atoms with van der Waals surface area (Å²) in [6.07, 6.45) is 1.53. The molecule has 0 unspecified atom stereocenters. The topological polar surface area (TPSA) is 156 Å². The van der Waals surface area contributed by atoms with Crippen LogP contribution in [0.3, 0.4) is 0 Å². The highest BCUT2D eigenvalue weighted by Gasteiger charge is 2.17. The second kappa shape index (κ2) is 16.6. The van der Waals surface area contributed by atoms with Crippen molar-refractivity contribution in [1.82, 2.24) is 9.97 Å². The Hall–Kier alpha value is -6.22. The number of carbonyl (C=O) groups excluding carboxylic acids is 2. The molecular weight excluding hydrogens is 744 g/mol. The van der Waals surface area contributed by atoms with Gasteiger partial charge in [0.1, 0.15) is 11.5 Å². The number of nitrogens with one attached hydrogen (secondary N) is 3. The van der Waals surface area contributed by atoms with Gasteiger partial charge in [0.05, 0.1) is 16.0 Å². The van der Waals surface area contributed by atoms with E-state index in [9.17, 15) is 22.4 Å². The van der Waals surface area contributed by atoms with Gasteiger partial charge in [-0.1, -0.05) is 59.9 Å². The van der Waals surface area contributed by atoms with Crippen molar-refractivity contribution in [2.75, 3.05) is 21.1 Å². The maximum absolute atomic E-state index is 13.0. The van der Waals surface area contributed by atoms with E-state index in [1.54, 1.807) is 35.7 Å². The van der Waals surface area contributed by atoms with Crippen molar-refractivity contribution >= 4 is 77.3 Å². The van der Waals surface area contributed by atoms with Crippen LogP contribution >= 0.6 is 22.7 Å². The number of ketones is 2. The van der Waals surface area contributed by atoms with Gasteiger partial charge in [0.25, 0.3) is 10.0 Å². The Kier molecular flexibility index (Phi) is 11.6. The van der Waals surface area contributed by atoms with E-state index in [4.69, 9.17) is 5.73 Å². The lowest BCUT2D eigenvalue weighted by molar-refractivity contribution is 0.102. The Balaban J connectivity index is 0.000000197. The minimum absolute atomic E-state index is 0.0327. The number of hydrogen-bond donors (Lipinski definition) is 4. The van der Waals surface area contributed by atoms with E-state index in [0.717, 1.165) is 28.9 Å². The molecule has 54 heavy (non-hydrogen) atoms. The fraction of sp³-hybridized carbons (Fsp3) is 0.0500. The van der Waals surface area contributed by atoms with Gasteiger partial charge in [0.2, 0.25) is 11.6 Å². The summed E-state index contributed by atoms with van der Waals surface area (Å²) in [5.41, 5.74) is 11.9. The van der Waals surface area contributed by atoms with E-state index in [1.165, 1.54) is 41.0 Å². The Labute approximate surface area is 319 Å². The van der Waals surface area contributed by atoms with Crippen LogP contribution in [0.2, 0.25) is 0 Å². The highest BCUT2D eigenvalue weighted by molar-refractivity contribution is 7.92. The van der Waals surface area contributed by atoms with E-state index in [-0.39, 0.29) is 16.5 Å². The SMILES string of the molecule is Cc1ccccc1C(=O)c1cnc(Nc2ccc(NS(=O)(=O)c3ccc(F)cc3)cc2)s1.Cc1ccccc1C(=O)c1csc(Nc2ccc(N)cc2)n1. The first-order chi connectivity index (χ1) is 25.9. The molecule has 0 saturated carbocycles. The number of nitrogens with two attached hydrogens (primary N) is 1. The molecule has 0 spiro atoms. The Morgan fingerprint density at radius 2 is 1.22 bits per heavy atom. The predicted molar refractivity (Wildman–Crippen MR) is 215 cm³/mol. The number of nitrogen functional groups attached to an aromatic ring is 1. The molecule has 0 radical (unpaired) electrons. The van der Waals surface area contributed by atoms with Crippen molar-refractivity contribution in [3.05, 3.63) is 172 Å². The van der Waals surface area contributed by atoms with Gasteiger partial charge in [-0.3, -0.25) is 14.3 Å². The van der Waals surface area contributed by atoms with Crippen molar-refractivity contribution in [1.29, 1.82) is 0 Å². The number of thiazole rings is 2. The molecule has 0 atom stereocenters. The molecule has 2 aromatic heterocycles. The Bertz CT molecular complexity index is 2520. The number of hydrogen-bond acceptors (Lipinski definition) is 11. The Morgan fingerprint density at radius 1 is 0.685 bits per heavy atom. The number of rotatable bonds is 11. The molecule has 0 aliphatic rings. The highest BCUT2D eigenvalue weighted by atomic mass is 32.2. The van der Waals surface area contributed by atoms with Crippen LogP contribution in [-0.4, -0.2) is 30.0 Å². The van der Waals surface area contributed by atoms with E-state index in [2.05, 4.69) is 25.3 Å². The molecule has 0 saturated heterocycles. The minimum atomic E-state index is -3.82. The fourth-order valence-electron chi connectivity index (χ4n) is 5.06. The standard InChI is InChI=1S/C23H18FN3O3S2.C17H15N3OS/c1-15-4-2-3-5-20(15)22(28)21-14-25-23(31-21)26-17-8-10-18(11-9-17)27-32(29,30)19-12-6-16(24)7-13-19;1-11-4-2-3-5-14(11)16(21)15-10-22-17(20-15)19-13-8-6-12(18)7-9-13/h2-14,27H,1H3,(H,25,26);2-10H,18H2,1H3,(H,19,20). The third kappa shape index (κ3) is 9.41. The summed E-state index contributed by atoms with van der Waals surface area (Å²) in [7, 11) is -3.82. The molecule has 0 aliphatic heterocycles. The Morgan fingerprint density at radius 3 is 1.83 bits per heavy atom. The molecule has 5 N–H and O–H groups in total.